The molecule has 0 amide bonds. The van der Waals surface area contributed by atoms with Crippen molar-refractivity contribution in [3.63, 3.8) is 0 Å². The predicted molar refractivity (Wildman–Crippen MR) is 99.8 cm³/mol. The van der Waals surface area contributed by atoms with Crippen LogP contribution < -0.4 is 0 Å². The van der Waals surface area contributed by atoms with Crippen molar-refractivity contribution >= 4 is 40.6 Å². The number of aromatic nitrogens is 2. The highest BCUT2D eigenvalue weighted by molar-refractivity contribution is 6.42. The summed E-state index contributed by atoms with van der Waals surface area (Å²) in [4.78, 5) is 12.2. The molecule has 0 atom stereocenters. The first-order chi connectivity index (χ1) is 12.4. The molecule has 0 bridgehead atoms. The van der Waals surface area contributed by atoms with Gasteiger partial charge in [-0.25, -0.2) is 4.79 Å². The smallest absolute Gasteiger partial charge is 0.362 e. The molecule has 7 nitrogen and oxygen atoms in total. The van der Waals surface area contributed by atoms with Crippen LogP contribution in [0.1, 0.15) is 25.2 Å². The third-order valence-electron chi connectivity index (χ3n) is 3.31. The van der Waals surface area contributed by atoms with Crippen molar-refractivity contribution in [1.29, 1.82) is 0 Å². The molecule has 2 aromatic rings. The van der Waals surface area contributed by atoms with Crippen LogP contribution in [0.15, 0.2) is 40.2 Å². The van der Waals surface area contributed by atoms with E-state index in [-0.39, 0.29) is 18.1 Å². The maximum Gasteiger partial charge on any atom is 0.362 e. The topological polar surface area (TPSA) is 89.1 Å². The molecular formula is C17H18Cl2N4O3. The molecule has 0 unspecified atom stereocenters. The van der Waals surface area contributed by atoms with Gasteiger partial charge in [-0.1, -0.05) is 23.2 Å². The lowest BCUT2D eigenvalue weighted by Crippen LogP contribution is -2.10. The van der Waals surface area contributed by atoms with Gasteiger partial charge in [-0.2, -0.15) is 10.2 Å². The van der Waals surface area contributed by atoms with Crippen LogP contribution in [0.5, 0.6) is 0 Å². The van der Waals surface area contributed by atoms with Crippen molar-refractivity contribution in [3.05, 3.63) is 51.4 Å². The summed E-state index contributed by atoms with van der Waals surface area (Å²) in [6, 6.07) is 6.28. The fraction of sp³-hybridized carbons (Fsp3) is 0.294. The molecule has 0 fully saturated rings. The number of rotatable bonds is 6. The van der Waals surface area contributed by atoms with Gasteiger partial charge in [-0.15, -0.1) is 5.11 Å². The normalized spacial score (nSPS) is 12.3. The van der Waals surface area contributed by atoms with Crippen molar-refractivity contribution in [2.24, 2.45) is 10.2 Å². The molecule has 138 valence electrons. The molecule has 1 aromatic heterocycles. The van der Waals surface area contributed by atoms with Gasteiger partial charge in [0.15, 0.2) is 5.76 Å². The molecule has 0 aliphatic heterocycles. The SMILES string of the molecule is CCOC(=O)/C(N=Nc1ccc(Cl)c(Cl)c1)=C(/O)c1cc(C)nn1CC. The van der Waals surface area contributed by atoms with Crippen molar-refractivity contribution in [3.8, 4) is 0 Å². The number of azo groups is 1. The van der Waals surface area contributed by atoms with E-state index in [1.54, 1.807) is 36.7 Å². The number of nitrogens with zero attached hydrogens (tertiary/aromatic N) is 4. The number of hydrogen-bond acceptors (Lipinski definition) is 6. The van der Waals surface area contributed by atoms with E-state index in [0.717, 1.165) is 0 Å². The lowest BCUT2D eigenvalue weighted by molar-refractivity contribution is -0.138. The van der Waals surface area contributed by atoms with Gasteiger partial charge in [0, 0.05) is 6.54 Å². The summed E-state index contributed by atoms with van der Waals surface area (Å²) >= 11 is 11.8. The van der Waals surface area contributed by atoms with Crippen LogP contribution in [0.2, 0.25) is 10.0 Å². The number of halogens is 2. The molecule has 0 aliphatic rings. The van der Waals surface area contributed by atoms with Crippen LogP contribution in [0.4, 0.5) is 5.69 Å². The van der Waals surface area contributed by atoms with Crippen molar-refractivity contribution in [2.45, 2.75) is 27.3 Å². The Hall–Kier alpha value is -2.38. The lowest BCUT2D eigenvalue weighted by Gasteiger charge is -2.07. The third-order valence-corrected chi connectivity index (χ3v) is 4.05. The second-order valence-corrected chi connectivity index (χ2v) is 6.02. The first-order valence-corrected chi connectivity index (χ1v) is 8.64. The summed E-state index contributed by atoms with van der Waals surface area (Å²) in [5, 5.41) is 23.3. The molecular weight excluding hydrogens is 379 g/mol. The lowest BCUT2D eigenvalue weighted by atomic mass is 10.2. The van der Waals surface area contributed by atoms with Gasteiger partial charge in [0.25, 0.3) is 0 Å². The number of aliphatic hydroxyl groups excluding tert-OH is 1. The van der Waals surface area contributed by atoms with E-state index in [4.69, 9.17) is 27.9 Å². The minimum Gasteiger partial charge on any atom is -0.504 e. The largest absolute Gasteiger partial charge is 0.504 e. The van der Waals surface area contributed by atoms with Gasteiger partial charge in [-0.3, -0.25) is 4.68 Å². The number of aliphatic hydroxyl groups is 1. The van der Waals surface area contributed by atoms with E-state index >= 15 is 0 Å². The first-order valence-electron chi connectivity index (χ1n) is 7.89. The molecule has 2 rings (SSSR count). The third kappa shape index (κ3) is 4.62. The molecule has 0 saturated heterocycles. The molecule has 1 heterocycles. The minimum atomic E-state index is -0.796. The number of carbonyl (C=O) groups excluding carboxylic acids is 1. The Morgan fingerprint density at radius 1 is 1.27 bits per heavy atom. The second kappa shape index (κ2) is 8.82. The van der Waals surface area contributed by atoms with Gasteiger partial charge < -0.3 is 9.84 Å². The highest BCUT2D eigenvalue weighted by Gasteiger charge is 2.21. The number of benzene rings is 1. The van der Waals surface area contributed by atoms with Crippen LogP contribution in [-0.4, -0.2) is 27.5 Å². The van der Waals surface area contributed by atoms with Crippen molar-refractivity contribution in [1.82, 2.24) is 9.78 Å². The summed E-state index contributed by atoms with van der Waals surface area (Å²) in [7, 11) is 0. The van der Waals surface area contributed by atoms with Crippen LogP contribution in [0.25, 0.3) is 5.76 Å². The Kier molecular flexibility index (Phi) is 6.76. The standard InChI is InChI=1S/C17H18Cl2N4O3/c1-4-23-14(8-10(3)22-23)16(24)15(17(25)26-5-2)21-20-11-6-7-12(18)13(19)9-11/h6-9,24H,4-5H2,1-3H3/b16-15-,21-20?. The molecule has 0 radical (unpaired) electrons. The second-order valence-electron chi connectivity index (χ2n) is 5.20. The Labute approximate surface area is 160 Å². The Morgan fingerprint density at radius 2 is 2.00 bits per heavy atom. The fourth-order valence-electron chi connectivity index (χ4n) is 2.14. The van der Waals surface area contributed by atoms with Gasteiger partial charge in [0.05, 0.1) is 28.0 Å². The number of carbonyl (C=O) groups is 1. The molecule has 1 N–H and O–H groups in total. The van der Waals surface area contributed by atoms with Crippen molar-refractivity contribution in [2.75, 3.05) is 6.61 Å². The van der Waals surface area contributed by atoms with Crippen molar-refractivity contribution < 1.29 is 14.6 Å². The molecule has 0 saturated carbocycles. The Bertz CT molecular complexity index is 875. The monoisotopic (exact) mass is 396 g/mol. The van der Waals surface area contributed by atoms with E-state index in [2.05, 4.69) is 15.3 Å². The summed E-state index contributed by atoms with van der Waals surface area (Å²) in [6.45, 7) is 5.94. The molecule has 9 heteroatoms. The number of esters is 1. The van der Waals surface area contributed by atoms with E-state index in [1.165, 1.54) is 6.07 Å². The zero-order valence-corrected chi connectivity index (χ0v) is 16.0. The number of ether oxygens (including phenoxy) is 1. The predicted octanol–water partition coefficient (Wildman–Crippen LogP) is 5.09. The summed E-state index contributed by atoms with van der Waals surface area (Å²) < 4.78 is 6.52. The first kappa shape index (κ1) is 19.9. The van der Waals surface area contributed by atoms with E-state index in [0.29, 0.717) is 33.7 Å². The van der Waals surface area contributed by atoms with Crippen LogP contribution in [0.3, 0.4) is 0 Å². The highest BCUT2D eigenvalue weighted by Crippen LogP contribution is 2.28. The zero-order chi connectivity index (χ0) is 19.3. The molecule has 0 spiro atoms. The molecule has 26 heavy (non-hydrogen) atoms. The summed E-state index contributed by atoms with van der Waals surface area (Å²) in [5.74, 6) is -1.16. The van der Waals surface area contributed by atoms with Crippen LogP contribution in [-0.2, 0) is 16.1 Å². The summed E-state index contributed by atoms with van der Waals surface area (Å²) in [6.07, 6.45) is 0. The van der Waals surface area contributed by atoms with Crippen LogP contribution in [0, 0.1) is 6.92 Å². The maximum atomic E-state index is 12.2. The minimum absolute atomic E-state index is 0.129. The fourth-order valence-corrected chi connectivity index (χ4v) is 2.43. The molecule has 0 aliphatic carbocycles. The number of hydrogen-bond donors (Lipinski definition) is 1. The van der Waals surface area contributed by atoms with E-state index in [9.17, 15) is 9.90 Å². The van der Waals surface area contributed by atoms with E-state index < -0.39 is 5.97 Å². The van der Waals surface area contributed by atoms with Gasteiger partial charge in [0.1, 0.15) is 5.69 Å². The Morgan fingerprint density at radius 3 is 2.62 bits per heavy atom. The van der Waals surface area contributed by atoms with Gasteiger partial charge in [0.2, 0.25) is 5.70 Å². The highest BCUT2D eigenvalue weighted by atomic mass is 35.5. The maximum absolute atomic E-state index is 12.2. The van der Waals surface area contributed by atoms with Gasteiger partial charge in [-0.05, 0) is 45.0 Å². The average molecular weight is 397 g/mol. The number of aryl methyl sites for hydroxylation is 2. The Balaban J connectivity index is 2.49. The average Bonchev–Trinajstić information content (AvgIpc) is 2.99. The quantitative estimate of drug-likeness (QED) is 0.318. The van der Waals surface area contributed by atoms with Crippen LogP contribution >= 0.6 is 23.2 Å². The zero-order valence-electron chi connectivity index (χ0n) is 14.5. The van der Waals surface area contributed by atoms with Gasteiger partial charge >= 0.3 is 5.97 Å². The molecule has 1 aromatic carbocycles. The van der Waals surface area contributed by atoms with E-state index in [1.807, 2.05) is 6.92 Å². The summed E-state index contributed by atoms with van der Waals surface area (Å²) in [5.41, 5.74) is 1.08.